The van der Waals surface area contributed by atoms with Crippen molar-refractivity contribution in [1.29, 1.82) is 0 Å². The first-order valence-electron chi connectivity index (χ1n) is 8.52. The fraction of sp³-hybridized carbons (Fsp3) is 0.350. The Kier molecular flexibility index (Phi) is 7.14. The molecule has 0 aromatic heterocycles. The Hall–Kier alpha value is -2.69. The lowest BCUT2D eigenvalue weighted by Crippen LogP contribution is -2.40. The second kappa shape index (κ2) is 9.57. The van der Waals surface area contributed by atoms with E-state index in [2.05, 4.69) is 10.6 Å². The second-order valence-corrected chi connectivity index (χ2v) is 6.12. The molecule has 2 aromatic carbocycles. The van der Waals surface area contributed by atoms with Crippen LogP contribution in [0.2, 0.25) is 0 Å². The zero-order chi connectivity index (χ0) is 18.1. The molecule has 5 heteroatoms. The van der Waals surface area contributed by atoms with Gasteiger partial charge in [0.1, 0.15) is 17.6 Å². The molecule has 0 saturated heterocycles. The molecule has 5 nitrogen and oxygen atoms in total. The van der Waals surface area contributed by atoms with Crippen molar-refractivity contribution in [2.24, 2.45) is 0 Å². The highest BCUT2D eigenvalue weighted by Gasteiger charge is 2.07. The van der Waals surface area contributed by atoms with Crippen LogP contribution in [-0.2, 0) is 6.54 Å². The molecule has 0 heterocycles. The van der Waals surface area contributed by atoms with Crippen LogP contribution in [0.3, 0.4) is 0 Å². The Morgan fingerprint density at radius 3 is 2.36 bits per heavy atom. The predicted octanol–water partition coefficient (Wildman–Crippen LogP) is 3.74. The van der Waals surface area contributed by atoms with Gasteiger partial charge in [0, 0.05) is 6.54 Å². The van der Waals surface area contributed by atoms with Gasteiger partial charge in [-0.15, -0.1) is 0 Å². The van der Waals surface area contributed by atoms with E-state index in [1.165, 1.54) is 0 Å². The second-order valence-electron chi connectivity index (χ2n) is 6.12. The van der Waals surface area contributed by atoms with Gasteiger partial charge < -0.3 is 20.1 Å². The van der Waals surface area contributed by atoms with E-state index in [-0.39, 0.29) is 18.2 Å². The van der Waals surface area contributed by atoms with Crippen molar-refractivity contribution in [1.82, 2.24) is 10.6 Å². The smallest absolute Gasteiger partial charge is 0.315 e. The normalized spacial score (nSPS) is 11.7. The third-order valence-corrected chi connectivity index (χ3v) is 3.35. The van der Waals surface area contributed by atoms with Crippen LogP contribution in [0.25, 0.3) is 0 Å². The highest BCUT2D eigenvalue weighted by atomic mass is 16.5. The molecule has 0 aliphatic rings. The quantitative estimate of drug-likeness (QED) is 0.768. The average molecular weight is 342 g/mol. The molecule has 2 N–H and O–H groups in total. The summed E-state index contributed by atoms with van der Waals surface area (Å²) in [5, 5.41) is 5.65. The molecule has 2 rings (SSSR count). The molecule has 0 bridgehead atoms. The van der Waals surface area contributed by atoms with Crippen molar-refractivity contribution < 1.29 is 14.3 Å². The van der Waals surface area contributed by atoms with Gasteiger partial charge in [0.2, 0.25) is 0 Å². The molecule has 2 aromatic rings. The van der Waals surface area contributed by atoms with E-state index in [1.807, 2.05) is 75.4 Å². The van der Waals surface area contributed by atoms with Gasteiger partial charge in [-0.1, -0.05) is 30.3 Å². The van der Waals surface area contributed by atoms with Crippen LogP contribution in [0.1, 0.15) is 26.3 Å². The van der Waals surface area contributed by atoms with Gasteiger partial charge in [-0.2, -0.15) is 0 Å². The lowest BCUT2D eigenvalue weighted by Gasteiger charge is -2.16. The van der Waals surface area contributed by atoms with Crippen LogP contribution in [0.15, 0.2) is 54.6 Å². The minimum Gasteiger partial charge on any atom is -0.491 e. The van der Waals surface area contributed by atoms with Crippen LogP contribution >= 0.6 is 0 Å². The van der Waals surface area contributed by atoms with E-state index in [0.29, 0.717) is 13.1 Å². The van der Waals surface area contributed by atoms with Crippen LogP contribution in [0.4, 0.5) is 4.79 Å². The maximum absolute atomic E-state index is 11.9. The van der Waals surface area contributed by atoms with Crippen LogP contribution in [-0.4, -0.2) is 24.8 Å². The van der Waals surface area contributed by atoms with Crippen molar-refractivity contribution in [3.8, 4) is 11.5 Å². The van der Waals surface area contributed by atoms with Crippen molar-refractivity contribution in [2.75, 3.05) is 6.54 Å². The minimum absolute atomic E-state index is 0.115. The highest BCUT2D eigenvalue weighted by Crippen LogP contribution is 2.14. The number of carbonyl (C=O) groups is 1. The number of rotatable bonds is 8. The highest BCUT2D eigenvalue weighted by molar-refractivity contribution is 5.73. The average Bonchev–Trinajstić information content (AvgIpc) is 2.59. The number of urea groups is 1. The van der Waals surface area contributed by atoms with Gasteiger partial charge in [-0.05, 0) is 50.6 Å². The monoisotopic (exact) mass is 342 g/mol. The first-order chi connectivity index (χ1) is 12.0. The van der Waals surface area contributed by atoms with E-state index in [9.17, 15) is 4.79 Å². The summed E-state index contributed by atoms with van der Waals surface area (Å²) in [4.78, 5) is 11.9. The Morgan fingerprint density at radius 1 is 0.920 bits per heavy atom. The van der Waals surface area contributed by atoms with E-state index < -0.39 is 0 Å². The number of benzene rings is 2. The van der Waals surface area contributed by atoms with E-state index in [1.54, 1.807) is 0 Å². The molecule has 1 unspecified atom stereocenters. The summed E-state index contributed by atoms with van der Waals surface area (Å²) in [6.45, 7) is 6.75. The van der Waals surface area contributed by atoms with Gasteiger partial charge in [0.15, 0.2) is 0 Å². The Labute approximate surface area is 149 Å². The fourth-order valence-electron chi connectivity index (χ4n) is 2.26. The molecular formula is C20H26N2O3. The topological polar surface area (TPSA) is 59.6 Å². The number of carbonyl (C=O) groups excluding carboxylic acids is 1. The number of hydrogen-bond acceptors (Lipinski definition) is 3. The lowest BCUT2D eigenvalue weighted by atomic mass is 10.2. The molecule has 0 aliphatic carbocycles. The Morgan fingerprint density at radius 2 is 1.64 bits per heavy atom. The van der Waals surface area contributed by atoms with Gasteiger partial charge in [0.25, 0.3) is 0 Å². The van der Waals surface area contributed by atoms with Gasteiger partial charge in [0.05, 0.1) is 12.6 Å². The van der Waals surface area contributed by atoms with Crippen molar-refractivity contribution in [3.05, 3.63) is 60.2 Å². The third-order valence-electron chi connectivity index (χ3n) is 3.35. The Balaban J connectivity index is 1.71. The summed E-state index contributed by atoms with van der Waals surface area (Å²) in [5.41, 5.74) is 0.988. The SMILES string of the molecule is CC(C)Oc1cccc(CNC(=O)NCC(C)Oc2ccccc2)c1. The van der Waals surface area contributed by atoms with Gasteiger partial charge in [-0.25, -0.2) is 4.79 Å². The molecule has 25 heavy (non-hydrogen) atoms. The lowest BCUT2D eigenvalue weighted by molar-refractivity contribution is 0.207. The number of ether oxygens (including phenoxy) is 2. The number of hydrogen-bond donors (Lipinski definition) is 2. The predicted molar refractivity (Wildman–Crippen MR) is 99.0 cm³/mol. The zero-order valence-electron chi connectivity index (χ0n) is 15.0. The molecule has 1 atom stereocenters. The molecular weight excluding hydrogens is 316 g/mol. The van der Waals surface area contributed by atoms with E-state index in [0.717, 1.165) is 17.1 Å². The molecule has 0 fully saturated rings. The Bertz CT molecular complexity index is 659. The summed E-state index contributed by atoms with van der Waals surface area (Å²) < 4.78 is 11.4. The molecule has 0 spiro atoms. The number of amides is 2. The van der Waals surface area contributed by atoms with E-state index in [4.69, 9.17) is 9.47 Å². The number of para-hydroxylation sites is 1. The van der Waals surface area contributed by atoms with E-state index >= 15 is 0 Å². The molecule has 2 amide bonds. The van der Waals surface area contributed by atoms with Gasteiger partial charge >= 0.3 is 6.03 Å². The van der Waals surface area contributed by atoms with Crippen LogP contribution < -0.4 is 20.1 Å². The summed E-state index contributed by atoms with van der Waals surface area (Å²) in [6.07, 6.45) is 0.00790. The zero-order valence-corrected chi connectivity index (χ0v) is 15.0. The van der Waals surface area contributed by atoms with Crippen LogP contribution in [0.5, 0.6) is 11.5 Å². The first kappa shape index (κ1) is 18.6. The summed E-state index contributed by atoms with van der Waals surface area (Å²) in [7, 11) is 0. The fourth-order valence-corrected chi connectivity index (χ4v) is 2.26. The van der Waals surface area contributed by atoms with Crippen molar-refractivity contribution >= 4 is 6.03 Å². The van der Waals surface area contributed by atoms with Crippen molar-refractivity contribution in [2.45, 2.75) is 39.5 Å². The van der Waals surface area contributed by atoms with Crippen LogP contribution in [0, 0.1) is 0 Å². The van der Waals surface area contributed by atoms with Gasteiger partial charge in [-0.3, -0.25) is 0 Å². The summed E-state index contributed by atoms with van der Waals surface area (Å²) >= 11 is 0. The molecule has 0 aliphatic heterocycles. The minimum atomic E-state index is -0.223. The standard InChI is InChI=1S/C20H26N2O3/c1-15(2)24-19-11-7-8-17(12-19)14-22-20(23)21-13-16(3)25-18-9-5-4-6-10-18/h4-12,15-16H,13-14H2,1-3H3,(H2,21,22,23). The molecule has 0 saturated carbocycles. The maximum Gasteiger partial charge on any atom is 0.315 e. The first-order valence-corrected chi connectivity index (χ1v) is 8.52. The summed E-state index contributed by atoms with van der Waals surface area (Å²) in [6, 6.07) is 17.0. The van der Waals surface area contributed by atoms with Crippen molar-refractivity contribution in [3.63, 3.8) is 0 Å². The largest absolute Gasteiger partial charge is 0.491 e. The molecule has 0 radical (unpaired) electrons. The maximum atomic E-state index is 11.9. The molecule has 134 valence electrons. The number of nitrogens with one attached hydrogen (secondary N) is 2. The third kappa shape index (κ3) is 7.16. The summed E-state index contributed by atoms with van der Waals surface area (Å²) in [5.74, 6) is 1.60.